The van der Waals surface area contributed by atoms with Gasteiger partial charge in [0.25, 0.3) is 0 Å². The number of nitrogens with zero attached hydrogens (tertiary/aromatic N) is 4. The largest absolute Gasteiger partial charge is 0.390 e. The van der Waals surface area contributed by atoms with Gasteiger partial charge in [-0.25, -0.2) is 9.37 Å². The second-order valence-corrected chi connectivity index (χ2v) is 5.75. The van der Waals surface area contributed by atoms with Gasteiger partial charge in [-0.15, -0.1) is 5.10 Å². The highest BCUT2D eigenvalue weighted by molar-refractivity contribution is 7.14. The summed E-state index contributed by atoms with van der Waals surface area (Å²) in [7, 11) is 0. The van der Waals surface area contributed by atoms with Crippen LogP contribution in [-0.2, 0) is 6.61 Å². The van der Waals surface area contributed by atoms with Crippen LogP contribution in [0.2, 0.25) is 0 Å². The number of aliphatic hydroxyl groups is 1. The predicted octanol–water partition coefficient (Wildman–Crippen LogP) is 2.64. The fourth-order valence-corrected chi connectivity index (χ4v) is 2.89. The van der Waals surface area contributed by atoms with Crippen molar-refractivity contribution in [2.24, 2.45) is 0 Å². The molecule has 0 fully saturated rings. The highest BCUT2D eigenvalue weighted by Crippen LogP contribution is 2.29. The Bertz CT molecular complexity index is 777. The molecule has 0 aliphatic carbocycles. The number of hydrogen-bond acceptors (Lipinski definition) is 5. The minimum Gasteiger partial charge on any atom is -0.390 e. The number of thiazole rings is 1. The van der Waals surface area contributed by atoms with Gasteiger partial charge in [0.2, 0.25) is 5.13 Å². The van der Waals surface area contributed by atoms with E-state index in [0.29, 0.717) is 22.1 Å². The van der Waals surface area contributed by atoms with Gasteiger partial charge in [-0.1, -0.05) is 28.7 Å². The van der Waals surface area contributed by atoms with Crippen LogP contribution in [0.25, 0.3) is 16.4 Å². The van der Waals surface area contributed by atoms with E-state index in [1.807, 2.05) is 13.8 Å². The van der Waals surface area contributed by atoms with E-state index in [2.05, 4.69) is 15.3 Å². The second-order valence-electron chi connectivity index (χ2n) is 4.57. The molecule has 0 bridgehead atoms. The van der Waals surface area contributed by atoms with Crippen LogP contribution in [0, 0.1) is 19.7 Å². The third-order valence-corrected chi connectivity index (χ3v) is 4.27. The molecule has 0 atom stereocenters. The SMILES string of the molecule is Cc1nc(-n2nnc(CO)c2-c2ccccc2F)sc1C. The number of rotatable bonds is 3. The molecule has 1 N–H and O–H groups in total. The first-order valence-electron chi connectivity index (χ1n) is 6.36. The van der Waals surface area contributed by atoms with Crippen molar-refractivity contribution in [3.05, 3.63) is 46.3 Å². The van der Waals surface area contributed by atoms with Crippen molar-refractivity contribution < 1.29 is 9.50 Å². The topological polar surface area (TPSA) is 63.8 Å². The van der Waals surface area contributed by atoms with Gasteiger partial charge in [0.05, 0.1) is 12.3 Å². The first kappa shape index (κ1) is 13.8. The smallest absolute Gasteiger partial charge is 0.212 e. The Hall–Kier alpha value is -2.12. The lowest BCUT2D eigenvalue weighted by Crippen LogP contribution is -2.01. The summed E-state index contributed by atoms with van der Waals surface area (Å²) >= 11 is 1.45. The minimum atomic E-state index is -0.388. The zero-order valence-corrected chi connectivity index (χ0v) is 12.4. The molecule has 0 unspecified atom stereocenters. The van der Waals surface area contributed by atoms with E-state index >= 15 is 0 Å². The summed E-state index contributed by atoms with van der Waals surface area (Å²) in [5, 5.41) is 18.0. The molecule has 3 rings (SSSR count). The van der Waals surface area contributed by atoms with Gasteiger partial charge in [-0.05, 0) is 26.0 Å². The number of hydrogen-bond donors (Lipinski definition) is 1. The average molecular weight is 304 g/mol. The van der Waals surface area contributed by atoms with Gasteiger partial charge >= 0.3 is 0 Å². The van der Waals surface area contributed by atoms with Gasteiger partial charge in [0.15, 0.2) is 0 Å². The number of aliphatic hydroxyl groups excluding tert-OH is 1. The molecule has 1 aromatic carbocycles. The van der Waals surface area contributed by atoms with Gasteiger partial charge < -0.3 is 5.11 Å². The van der Waals surface area contributed by atoms with E-state index in [1.54, 1.807) is 18.2 Å². The maximum Gasteiger partial charge on any atom is 0.212 e. The minimum absolute atomic E-state index is 0.312. The molecule has 0 amide bonds. The summed E-state index contributed by atoms with van der Waals surface area (Å²) in [5.41, 5.74) is 2.00. The zero-order chi connectivity index (χ0) is 15.0. The van der Waals surface area contributed by atoms with E-state index < -0.39 is 0 Å². The molecule has 0 aliphatic heterocycles. The van der Waals surface area contributed by atoms with Gasteiger partial charge in [0, 0.05) is 10.4 Å². The van der Waals surface area contributed by atoms with Gasteiger partial charge in [0.1, 0.15) is 17.2 Å². The maximum atomic E-state index is 14.1. The van der Waals surface area contributed by atoms with Crippen molar-refractivity contribution in [2.75, 3.05) is 0 Å². The molecular formula is C14H13FN4OS. The van der Waals surface area contributed by atoms with Gasteiger partial charge in [-0.3, -0.25) is 0 Å². The van der Waals surface area contributed by atoms with Crippen LogP contribution in [0.4, 0.5) is 4.39 Å². The summed E-state index contributed by atoms with van der Waals surface area (Å²) in [6.45, 7) is 3.55. The average Bonchev–Trinajstić information content (AvgIpc) is 3.03. The molecule has 0 radical (unpaired) electrons. The molecule has 3 aromatic rings. The van der Waals surface area contributed by atoms with Crippen LogP contribution in [0.5, 0.6) is 0 Å². The molecule has 0 aliphatic rings. The molecule has 108 valence electrons. The first-order chi connectivity index (χ1) is 10.1. The third kappa shape index (κ3) is 2.34. The Morgan fingerprint density at radius 1 is 1.29 bits per heavy atom. The summed E-state index contributed by atoms with van der Waals surface area (Å²) < 4.78 is 15.6. The van der Waals surface area contributed by atoms with E-state index in [4.69, 9.17) is 0 Å². The standard InChI is InChI=1S/C14H13FN4OS/c1-8-9(2)21-14(16-8)19-13(12(7-20)17-18-19)10-5-3-4-6-11(10)15/h3-6,20H,7H2,1-2H3. The van der Waals surface area contributed by atoms with E-state index in [0.717, 1.165) is 10.6 Å². The lowest BCUT2D eigenvalue weighted by molar-refractivity contribution is 0.277. The summed E-state index contributed by atoms with van der Waals surface area (Å²) in [6, 6.07) is 6.35. The summed E-state index contributed by atoms with van der Waals surface area (Å²) in [6.07, 6.45) is 0. The number of benzene rings is 1. The fraction of sp³-hybridized carbons (Fsp3) is 0.214. The molecule has 7 heteroatoms. The van der Waals surface area contributed by atoms with Crippen LogP contribution in [0.15, 0.2) is 24.3 Å². The van der Waals surface area contributed by atoms with Gasteiger partial charge in [-0.2, -0.15) is 4.68 Å². The Labute approximate surface area is 124 Å². The molecule has 0 spiro atoms. The van der Waals surface area contributed by atoms with E-state index in [-0.39, 0.29) is 12.4 Å². The number of halogens is 1. The Balaban J connectivity index is 2.24. The van der Waals surface area contributed by atoms with Crippen LogP contribution in [0.1, 0.15) is 16.3 Å². The van der Waals surface area contributed by atoms with E-state index in [1.165, 1.54) is 22.1 Å². The van der Waals surface area contributed by atoms with Crippen LogP contribution in [-0.4, -0.2) is 25.1 Å². The zero-order valence-electron chi connectivity index (χ0n) is 11.5. The van der Waals surface area contributed by atoms with Crippen LogP contribution >= 0.6 is 11.3 Å². The first-order valence-corrected chi connectivity index (χ1v) is 7.18. The Morgan fingerprint density at radius 2 is 2.05 bits per heavy atom. The van der Waals surface area contributed by atoms with Crippen LogP contribution in [0.3, 0.4) is 0 Å². The molecular weight excluding hydrogens is 291 g/mol. The van der Waals surface area contributed by atoms with Crippen molar-refractivity contribution in [3.8, 4) is 16.4 Å². The molecule has 2 aromatic heterocycles. The highest BCUT2D eigenvalue weighted by atomic mass is 32.1. The van der Waals surface area contributed by atoms with Crippen LogP contribution < -0.4 is 0 Å². The van der Waals surface area contributed by atoms with Crippen molar-refractivity contribution in [1.29, 1.82) is 0 Å². The van der Waals surface area contributed by atoms with E-state index in [9.17, 15) is 9.50 Å². The molecule has 5 nitrogen and oxygen atoms in total. The number of aromatic nitrogens is 4. The highest BCUT2D eigenvalue weighted by Gasteiger charge is 2.20. The number of aryl methyl sites for hydroxylation is 2. The second kappa shape index (κ2) is 5.34. The molecule has 21 heavy (non-hydrogen) atoms. The fourth-order valence-electron chi connectivity index (χ4n) is 2.02. The molecule has 0 saturated heterocycles. The molecule has 2 heterocycles. The predicted molar refractivity (Wildman–Crippen MR) is 77.8 cm³/mol. The summed E-state index contributed by atoms with van der Waals surface area (Å²) in [5.74, 6) is -0.388. The quantitative estimate of drug-likeness (QED) is 0.808. The maximum absolute atomic E-state index is 14.1. The van der Waals surface area contributed by atoms with Crippen molar-refractivity contribution in [3.63, 3.8) is 0 Å². The van der Waals surface area contributed by atoms with Crippen molar-refractivity contribution in [2.45, 2.75) is 20.5 Å². The van der Waals surface area contributed by atoms with Crippen molar-refractivity contribution in [1.82, 2.24) is 20.0 Å². The Kier molecular flexibility index (Phi) is 3.52. The lowest BCUT2D eigenvalue weighted by Gasteiger charge is -2.06. The normalized spacial score (nSPS) is 11.0. The Morgan fingerprint density at radius 3 is 2.67 bits per heavy atom. The summed E-state index contributed by atoms with van der Waals surface area (Å²) in [4.78, 5) is 5.48. The van der Waals surface area contributed by atoms with Crippen molar-refractivity contribution >= 4 is 11.3 Å². The molecule has 0 saturated carbocycles. The third-order valence-electron chi connectivity index (χ3n) is 3.22. The lowest BCUT2D eigenvalue weighted by atomic mass is 10.1. The monoisotopic (exact) mass is 304 g/mol.